The zero-order chi connectivity index (χ0) is 25.0. The number of carbonyl (C=O) groups is 2. The molecule has 0 aliphatic heterocycles. The van der Waals surface area contributed by atoms with Gasteiger partial charge >= 0.3 is 11.7 Å². The normalized spacial score (nSPS) is 11.0. The molecular formula is C25H33N5O4. The first-order valence-corrected chi connectivity index (χ1v) is 11.6. The zero-order valence-corrected chi connectivity index (χ0v) is 20.5. The summed E-state index contributed by atoms with van der Waals surface area (Å²) in [7, 11) is 1.34. The number of likely N-dealkylation sites (N-methyl/N-ethyl adjacent to an activating group) is 1. The van der Waals surface area contributed by atoms with Gasteiger partial charge in [-0.05, 0) is 58.0 Å². The van der Waals surface area contributed by atoms with Crippen LogP contribution in [-0.4, -0.2) is 52.7 Å². The second kappa shape index (κ2) is 10.5. The first-order valence-electron chi connectivity index (χ1n) is 11.6. The van der Waals surface area contributed by atoms with E-state index in [0.717, 1.165) is 29.4 Å². The molecule has 34 heavy (non-hydrogen) atoms. The van der Waals surface area contributed by atoms with Crippen molar-refractivity contribution in [2.75, 3.05) is 31.6 Å². The second-order valence-electron chi connectivity index (χ2n) is 7.87. The molecule has 0 aliphatic rings. The van der Waals surface area contributed by atoms with Crippen molar-refractivity contribution < 1.29 is 14.3 Å². The summed E-state index contributed by atoms with van der Waals surface area (Å²) in [4.78, 5) is 40.5. The molecule has 9 nitrogen and oxygen atoms in total. The van der Waals surface area contributed by atoms with Crippen LogP contribution in [0.2, 0.25) is 0 Å². The van der Waals surface area contributed by atoms with Gasteiger partial charge in [-0.2, -0.15) is 0 Å². The Morgan fingerprint density at radius 3 is 2.18 bits per heavy atom. The number of urea groups is 1. The maximum absolute atomic E-state index is 13.5. The van der Waals surface area contributed by atoms with E-state index in [9.17, 15) is 14.4 Å². The standard InChI is InChI=1S/C25H33N5O4/c1-6-28(7-2)18-11-13-19(14-12-18)30-20-15-10-17(16-21(31)27(5)24(26)32)23(34-9-4)22(20)29(8-3)25(30)33/h10-15H,6-9,16H2,1-5H3,(H2,26,32). The Labute approximate surface area is 199 Å². The molecule has 3 amide bonds. The number of imidazole rings is 1. The Kier molecular flexibility index (Phi) is 7.65. The fourth-order valence-corrected chi connectivity index (χ4v) is 4.16. The van der Waals surface area contributed by atoms with E-state index in [0.29, 0.717) is 35.5 Å². The number of imide groups is 1. The van der Waals surface area contributed by atoms with Crippen LogP contribution in [0, 0.1) is 0 Å². The highest BCUT2D eigenvalue weighted by molar-refractivity contribution is 5.95. The van der Waals surface area contributed by atoms with Gasteiger partial charge < -0.3 is 15.4 Å². The van der Waals surface area contributed by atoms with Gasteiger partial charge in [0.15, 0.2) is 0 Å². The van der Waals surface area contributed by atoms with Gasteiger partial charge in [-0.3, -0.25) is 18.8 Å². The van der Waals surface area contributed by atoms with Gasteiger partial charge in [-0.1, -0.05) is 6.07 Å². The first-order chi connectivity index (χ1) is 16.3. The Bertz CT molecular complexity index is 1240. The van der Waals surface area contributed by atoms with Crippen molar-refractivity contribution in [3.8, 4) is 11.4 Å². The molecule has 3 rings (SSSR count). The number of fused-ring (bicyclic) bond motifs is 1. The minimum atomic E-state index is -0.825. The van der Waals surface area contributed by atoms with E-state index in [1.165, 1.54) is 7.05 Å². The highest BCUT2D eigenvalue weighted by atomic mass is 16.5. The van der Waals surface area contributed by atoms with Gasteiger partial charge in [0.05, 0.1) is 24.2 Å². The molecule has 0 saturated carbocycles. The third kappa shape index (κ3) is 4.50. The van der Waals surface area contributed by atoms with E-state index in [1.807, 2.05) is 44.2 Å². The molecule has 0 aliphatic carbocycles. The van der Waals surface area contributed by atoms with Crippen LogP contribution >= 0.6 is 0 Å². The van der Waals surface area contributed by atoms with Gasteiger partial charge in [-0.15, -0.1) is 0 Å². The summed E-state index contributed by atoms with van der Waals surface area (Å²) in [5.74, 6) is 0.00769. The summed E-state index contributed by atoms with van der Waals surface area (Å²) < 4.78 is 9.26. The minimum Gasteiger partial charge on any atom is -0.491 e. The Hall–Kier alpha value is -3.75. The highest BCUT2D eigenvalue weighted by Gasteiger charge is 2.23. The zero-order valence-electron chi connectivity index (χ0n) is 20.5. The average molecular weight is 468 g/mol. The number of carbonyl (C=O) groups excluding carboxylic acids is 2. The molecule has 3 aromatic rings. The number of aromatic nitrogens is 2. The summed E-state index contributed by atoms with van der Waals surface area (Å²) in [5, 5.41) is 0. The Morgan fingerprint density at radius 1 is 1.00 bits per heavy atom. The van der Waals surface area contributed by atoms with Crippen molar-refractivity contribution in [3.63, 3.8) is 0 Å². The smallest absolute Gasteiger partial charge is 0.333 e. The van der Waals surface area contributed by atoms with E-state index in [4.69, 9.17) is 10.5 Å². The lowest BCUT2D eigenvalue weighted by atomic mass is 10.1. The predicted molar refractivity (Wildman–Crippen MR) is 134 cm³/mol. The molecular weight excluding hydrogens is 434 g/mol. The number of hydrogen-bond donors (Lipinski definition) is 1. The van der Waals surface area contributed by atoms with Crippen LogP contribution < -0.4 is 21.1 Å². The SMILES string of the molecule is CCOc1c(CC(=O)N(C)C(N)=O)ccc2c1n(CC)c(=O)n2-c1ccc(N(CC)CC)cc1. The number of ether oxygens (including phenoxy) is 1. The Morgan fingerprint density at radius 2 is 1.65 bits per heavy atom. The summed E-state index contributed by atoms with van der Waals surface area (Å²) in [5.41, 5.74) is 8.79. The molecule has 2 N–H and O–H groups in total. The van der Waals surface area contributed by atoms with E-state index < -0.39 is 11.9 Å². The molecule has 0 bridgehead atoms. The van der Waals surface area contributed by atoms with Crippen LogP contribution in [0.15, 0.2) is 41.2 Å². The molecule has 0 unspecified atom stereocenters. The molecule has 0 spiro atoms. The number of aryl methyl sites for hydroxylation is 1. The topological polar surface area (TPSA) is 103 Å². The summed E-state index contributed by atoms with van der Waals surface area (Å²) >= 11 is 0. The lowest BCUT2D eigenvalue weighted by Gasteiger charge is -2.21. The van der Waals surface area contributed by atoms with Crippen molar-refractivity contribution in [2.45, 2.75) is 40.7 Å². The summed E-state index contributed by atoms with van der Waals surface area (Å²) in [6.45, 7) is 10.5. The number of nitrogens with zero attached hydrogens (tertiary/aromatic N) is 4. The molecule has 0 saturated heterocycles. The van der Waals surface area contributed by atoms with Crippen molar-refractivity contribution in [1.29, 1.82) is 0 Å². The van der Waals surface area contributed by atoms with Crippen LogP contribution in [0.4, 0.5) is 10.5 Å². The molecule has 0 atom stereocenters. The lowest BCUT2D eigenvalue weighted by Crippen LogP contribution is -2.38. The second-order valence-corrected chi connectivity index (χ2v) is 7.87. The monoisotopic (exact) mass is 467 g/mol. The third-order valence-corrected chi connectivity index (χ3v) is 6.01. The molecule has 9 heteroatoms. The number of rotatable bonds is 9. The molecule has 182 valence electrons. The van der Waals surface area contributed by atoms with Crippen molar-refractivity contribution in [1.82, 2.24) is 14.0 Å². The van der Waals surface area contributed by atoms with Gasteiger partial charge in [0.1, 0.15) is 11.3 Å². The fourth-order valence-electron chi connectivity index (χ4n) is 4.16. The molecule has 0 fully saturated rings. The van der Waals surface area contributed by atoms with E-state index in [2.05, 4.69) is 18.7 Å². The van der Waals surface area contributed by atoms with Crippen LogP contribution in [0.5, 0.6) is 5.75 Å². The number of anilines is 1. The molecule has 0 radical (unpaired) electrons. The van der Waals surface area contributed by atoms with Crippen LogP contribution in [-0.2, 0) is 17.8 Å². The van der Waals surface area contributed by atoms with E-state index in [1.54, 1.807) is 15.2 Å². The number of amides is 3. The van der Waals surface area contributed by atoms with Crippen molar-refractivity contribution in [3.05, 3.63) is 52.4 Å². The van der Waals surface area contributed by atoms with Crippen LogP contribution in [0.3, 0.4) is 0 Å². The van der Waals surface area contributed by atoms with Crippen molar-refractivity contribution in [2.24, 2.45) is 5.73 Å². The van der Waals surface area contributed by atoms with E-state index >= 15 is 0 Å². The number of hydrogen-bond acceptors (Lipinski definition) is 5. The maximum atomic E-state index is 13.5. The number of benzene rings is 2. The molecule has 1 aromatic heterocycles. The third-order valence-electron chi connectivity index (χ3n) is 6.01. The maximum Gasteiger partial charge on any atom is 0.333 e. The van der Waals surface area contributed by atoms with Gasteiger partial charge in [0.2, 0.25) is 5.91 Å². The largest absolute Gasteiger partial charge is 0.491 e. The molecule has 1 heterocycles. The average Bonchev–Trinajstić information content (AvgIpc) is 3.12. The fraction of sp³-hybridized carbons (Fsp3) is 0.400. The van der Waals surface area contributed by atoms with Crippen LogP contribution in [0.25, 0.3) is 16.7 Å². The number of nitrogens with two attached hydrogens (primary N) is 1. The minimum absolute atomic E-state index is 0.0770. The summed E-state index contributed by atoms with van der Waals surface area (Å²) in [6.07, 6.45) is -0.0770. The predicted octanol–water partition coefficient (Wildman–Crippen LogP) is 3.14. The van der Waals surface area contributed by atoms with Gasteiger partial charge in [0.25, 0.3) is 0 Å². The first kappa shape index (κ1) is 24.9. The summed E-state index contributed by atoms with van der Waals surface area (Å²) in [6, 6.07) is 10.7. The highest BCUT2D eigenvalue weighted by Crippen LogP contribution is 2.32. The van der Waals surface area contributed by atoms with E-state index in [-0.39, 0.29) is 12.1 Å². The van der Waals surface area contributed by atoms with Gasteiger partial charge in [-0.25, -0.2) is 9.59 Å². The Balaban J connectivity index is 2.18. The quantitative estimate of drug-likeness (QED) is 0.521. The molecule has 2 aromatic carbocycles. The lowest BCUT2D eigenvalue weighted by molar-refractivity contribution is -0.126. The van der Waals surface area contributed by atoms with Gasteiger partial charge in [0, 0.05) is 37.9 Å². The van der Waals surface area contributed by atoms with Crippen LogP contribution in [0.1, 0.15) is 33.3 Å². The van der Waals surface area contributed by atoms with Crippen molar-refractivity contribution >= 4 is 28.7 Å². The number of primary amides is 1.